The molecule has 0 radical (unpaired) electrons. The highest BCUT2D eigenvalue weighted by Crippen LogP contribution is 2.14. The highest BCUT2D eigenvalue weighted by Gasteiger charge is 2.29. The van der Waals surface area contributed by atoms with Crippen LogP contribution in [-0.2, 0) is 4.79 Å². The van der Waals surface area contributed by atoms with Crippen molar-refractivity contribution in [1.29, 1.82) is 0 Å². The molecule has 0 aromatic carbocycles. The molecule has 4 nitrogen and oxygen atoms in total. The Labute approximate surface area is 85.5 Å². The lowest BCUT2D eigenvalue weighted by Crippen LogP contribution is -2.44. The van der Waals surface area contributed by atoms with Gasteiger partial charge in [0, 0.05) is 19.5 Å². The summed E-state index contributed by atoms with van der Waals surface area (Å²) in [4.78, 5) is 11.5. The Bertz CT molecular complexity index is 204. The third-order valence-corrected chi connectivity index (χ3v) is 2.23. The molecule has 1 heterocycles. The zero-order chi connectivity index (χ0) is 10.7. The van der Waals surface area contributed by atoms with Crippen LogP contribution in [0.2, 0.25) is 0 Å². The number of carbonyl (C=O) groups is 1. The molecule has 1 N–H and O–H groups in total. The highest BCUT2D eigenvalue weighted by atomic mass is 16.3. The van der Waals surface area contributed by atoms with Gasteiger partial charge >= 0.3 is 0 Å². The smallest absolute Gasteiger partial charge is 0.238 e. The van der Waals surface area contributed by atoms with E-state index in [0.717, 1.165) is 13.1 Å². The number of amides is 1. The molecule has 1 saturated heterocycles. The standard InChI is InChI=1S/C10H20N2O2/c1-8(2)6-11-5-4-10(14)12(11)7-9(3)13/h8-9,13H,4-7H2,1-3H3. The van der Waals surface area contributed by atoms with Crippen molar-refractivity contribution >= 4 is 5.91 Å². The van der Waals surface area contributed by atoms with E-state index in [1.807, 2.05) is 5.01 Å². The van der Waals surface area contributed by atoms with Crippen molar-refractivity contribution in [3.8, 4) is 0 Å². The summed E-state index contributed by atoms with van der Waals surface area (Å²) in [6.07, 6.45) is 0.131. The second-order valence-electron chi connectivity index (χ2n) is 4.38. The average Bonchev–Trinajstić information content (AvgIpc) is 2.34. The predicted octanol–water partition coefficient (Wildman–Crippen LogP) is 0.472. The topological polar surface area (TPSA) is 43.8 Å². The molecule has 4 heteroatoms. The maximum atomic E-state index is 11.5. The van der Waals surface area contributed by atoms with Crippen LogP contribution in [0, 0.1) is 5.92 Å². The summed E-state index contributed by atoms with van der Waals surface area (Å²) in [6.45, 7) is 8.07. The van der Waals surface area contributed by atoms with Gasteiger partial charge in [0.15, 0.2) is 0 Å². The van der Waals surface area contributed by atoms with Crippen LogP contribution in [0.5, 0.6) is 0 Å². The highest BCUT2D eigenvalue weighted by molar-refractivity contribution is 5.77. The summed E-state index contributed by atoms with van der Waals surface area (Å²) in [5.41, 5.74) is 0. The quantitative estimate of drug-likeness (QED) is 0.717. The first-order valence-electron chi connectivity index (χ1n) is 5.24. The van der Waals surface area contributed by atoms with Gasteiger partial charge in [0.25, 0.3) is 0 Å². The van der Waals surface area contributed by atoms with E-state index in [1.165, 1.54) is 0 Å². The number of rotatable bonds is 4. The number of carbonyl (C=O) groups excluding carboxylic acids is 1. The lowest BCUT2D eigenvalue weighted by Gasteiger charge is -2.30. The lowest BCUT2D eigenvalue weighted by molar-refractivity contribution is -0.141. The van der Waals surface area contributed by atoms with Crippen LogP contribution in [0.4, 0.5) is 0 Å². The molecular formula is C10H20N2O2. The maximum absolute atomic E-state index is 11.5. The summed E-state index contributed by atoms with van der Waals surface area (Å²) >= 11 is 0. The predicted molar refractivity (Wildman–Crippen MR) is 54.4 cm³/mol. The minimum atomic E-state index is -0.452. The Morgan fingerprint density at radius 2 is 2.00 bits per heavy atom. The Balaban J connectivity index is 2.53. The Morgan fingerprint density at radius 1 is 1.36 bits per heavy atom. The van der Waals surface area contributed by atoms with Crippen LogP contribution in [0.3, 0.4) is 0 Å². The first kappa shape index (κ1) is 11.5. The van der Waals surface area contributed by atoms with Gasteiger partial charge in [-0.1, -0.05) is 13.8 Å². The molecule has 1 unspecified atom stereocenters. The van der Waals surface area contributed by atoms with Crippen molar-refractivity contribution < 1.29 is 9.90 Å². The van der Waals surface area contributed by atoms with E-state index in [9.17, 15) is 9.90 Å². The monoisotopic (exact) mass is 200 g/mol. The van der Waals surface area contributed by atoms with Crippen molar-refractivity contribution in [1.82, 2.24) is 10.0 Å². The van der Waals surface area contributed by atoms with Crippen molar-refractivity contribution in [2.24, 2.45) is 5.92 Å². The van der Waals surface area contributed by atoms with Gasteiger partial charge in [-0.3, -0.25) is 9.80 Å². The fraction of sp³-hybridized carbons (Fsp3) is 0.900. The molecule has 0 aromatic rings. The SMILES string of the molecule is CC(C)CN1CCC(=O)N1CC(C)O. The van der Waals surface area contributed by atoms with Gasteiger partial charge in [-0.05, 0) is 12.8 Å². The van der Waals surface area contributed by atoms with Crippen LogP contribution in [0.15, 0.2) is 0 Å². The molecule has 1 aliphatic heterocycles. The van der Waals surface area contributed by atoms with Crippen LogP contribution in [0.1, 0.15) is 27.2 Å². The molecule has 82 valence electrons. The normalized spacial score (nSPS) is 20.9. The summed E-state index contributed by atoms with van der Waals surface area (Å²) in [5, 5.41) is 13.0. The van der Waals surface area contributed by atoms with Crippen molar-refractivity contribution in [2.75, 3.05) is 19.6 Å². The second kappa shape index (κ2) is 4.75. The summed E-state index contributed by atoms with van der Waals surface area (Å²) < 4.78 is 0. The zero-order valence-electron chi connectivity index (χ0n) is 9.23. The number of nitrogens with zero attached hydrogens (tertiary/aromatic N) is 2. The fourth-order valence-corrected chi connectivity index (χ4v) is 1.71. The molecule has 0 saturated carbocycles. The molecule has 1 fully saturated rings. The summed E-state index contributed by atoms with van der Waals surface area (Å²) in [6, 6.07) is 0. The number of hydrogen-bond acceptors (Lipinski definition) is 3. The van der Waals surface area contributed by atoms with Crippen LogP contribution in [0.25, 0.3) is 0 Å². The maximum Gasteiger partial charge on any atom is 0.238 e. The lowest BCUT2D eigenvalue weighted by atomic mass is 10.2. The van der Waals surface area contributed by atoms with Crippen molar-refractivity contribution in [3.63, 3.8) is 0 Å². The van der Waals surface area contributed by atoms with E-state index in [4.69, 9.17) is 0 Å². The van der Waals surface area contributed by atoms with E-state index in [1.54, 1.807) is 11.9 Å². The van der Waals surface area contributed by atoms with E-state index >= 15 is 0 Å². The third-order valence-electron chi connectivity index (χ3n) is 2.23. The molecule has 0 aromatic heterocycles. The molecule has 14 heavy (non-hydrogen) atoms. The fourth-order valence-electron chi connectivity index (χ4n) is 1.71. The Morgan fingerprint density at radius 3 is 2.50 bits per heavy atom. The molecule has 1 amide bonds. The van der Waals surface area contributed by atoms with Crippen molar-refractivity contribution in [2.45, 2.75) is 33.3 Å². The third kappa shape index (κ3) is 2.96. The number of hydrogen-bond donors (Lipinski definition) is 1. The van der Waals surface area contributed by atoms with E-state index in [0.29, 0.717) is 18.9 Å². The molecule has 0 spiro atoms. The first-order chi connectivity index (χ1) is 6.50. The summed E-state index contributed by atoms with van der Waals surface area (Å²) in [7, 11) is 0. The second-order valence-corrected chi connectivity index (χ2v) is 4.38. The van der Waals surface area contributed by atoms with E-state index in [-0.39, 0.29) is 5.91 Å². The molecule has 0 aliphatic carbocycles. The van der Waals surface area contributed by atoms with Crippen molar-refractivity contribution in [3.05, 3.63) is 0 Å². The molecule has 1 aliphatic rings. The number of aliphatic hydroxyl groups excluding tert-OH is 1. The van der Waals surface area contributed by atoms with Crippen LogP contribution < -0.4 is 0 Å². The van der Waals surface area contributed by atoms with Crippen LogP contribution >= 0.6 is 0 Å². The number of β-amino-alcohol motifs (C(OH)–C–C–N with tert-alkyl or cyclic N) is 1. The molecule has 1 atom stereocenters. The van der Waals surface area contributed by atoms with Gasteiger partial charge in [0.2, 0.25) is 5.91 Å². The molecule has 1 rings (SSSR count). The van der Waals surface area contributed by atoms with Crippen LogP contribution in [-0.4, -0.2) is 46.8 Å². The summed E-state index contributed by atoms with van der Waals surface area (Å²) in [5.74, 6) is 0.670. The Hall–Kier alpha value is -0.610. The minimum Gasteiger partial charge on any atom is -0.392 e. The first-order valence-corrected chi connectivity index (χ1v) is 5.24. The number of aliphatic hydroxyl groups is 1. The Kier molecular flexibility index (Phi) is 3.89. The molecule has 0 bridgehead atoms. The van der Waals surface area contributed by atoms with Gasteiger partial charge in [0.05, 0.1) is 12.6 Å². The zero-order valence-corrected chi connectivity index (χ0v) is 9.23. The molecular weight excluding hydrogens is 180 g/mol. The minimum absolute atomic E-state index is 0.131. The van der Waals surface area contributed by atoms with Gasteiger partial charge in [-0.2, -0.15) is 0 Å². The van der Waals surface area contributed by atoms with E-state index < -0.39 is 6.10 Å². The van der Waals surface area contributed by atoms with Gasteiger partial charge in [-0.15, -0.1) is 0 Å². The number of hydrazine groups is 1. The van der Waals surface area contributed by atoms with Gasteiger partial charge in [0.1, 0.15) is 0 Å². The van der Waals surface area contributed by atoms with E-state index in [2.05, 4.69) is 13.8 Å². The van der Waals surface area contributed by atoms with Gasteiger partial charge < -0.3 is 5.11 Å². The average molecular weight is 200 g/mol. The van der Waals surface area contributed by atoms with Gasteiger partial charge in [-0.25, -0.2) is 5.01 Å². The largest absolute Gasteiger partial charge is 0.392 e.